The first-order chi connectivity index (χ1) is 16.4. The predicted octanol–water partition coefficient (Wildman–Crippen LogP) is 2.48. The number of rotatable bonds is 5. The number of benzene rings is 1. The van der Waals surface area contributed by atoms with Crippen LogP contribution >= 0.6 is 0 Å². The number of carboxylic acids is 1. The lowest BCUT2D eigenvalue weighted by atomic mass is 9.77. The molecule has 8 nitrogen and oxygen atoms in total. The molecule has 1 atom stereocenters. The molecule has 0 aromatic heterocycles. The van der Waals surface area contributed by atoms with Gasteiger partial charge in [0.05, 0.1) is 24.6 Å². The largest absolute Gasteiger partial charge is 0.490 e. The normalized spacial score (nSPS) is 24.2. The van der Waals surface area contributed by atoms with Crippen LogP contribution in [-0.2, 0) is 25.3 Å². The second-order valence-corrected chi connectivity index (χ2v) is 11.6. The average Bonchev–Trinajstić information content (AvgIpc) is 3.17. The monoisotopic (exact) mass is 522 g/mol. The Hall–Kier alpha value is -1.73. The first-order valence-electron chi connectivity index (χ1n) is 11.7. The van der Waals surface area contributed by atoms with Gasteiger partial charge in [-0.05, 0) is 43.1 Å². The summed E-state index contributed by atoms with van der Waals surface area (Å²) in [6.45, 7) is 4.77. The molecule has 1 aromatic carbocycles. The number of nitrogens with zero attached hydrogens (tertiary/aromatic N) is 2. The number of piperidine rings is 2. The fraction of sp³-hybridized carbons (Fsp3) is 0.696. The smallest absolute Gasteiger partial charge is 0.475 e. The van der Waals surface area contributed by atoms with Gasteiger partial charge < -0.3 is 19.8 Å². The van der Waals surface area contributed by atoms with Crippen molar-refractivity contribution in [3.63, 3.8) is 0 Å². The summed E-state index contributed by atoms with van der Waals surface area (Å²) in [4.78, 5) is 11.3. The molecule has 198 valence electrons. The number of likely N-dealkylation sites (tertiary alicyclic amines) is 1. The summed E-state index contributed by atoms with van der Waals surface area (Å²) in [6.07, 6.45) is -0.486. The average molecular weight is 523 g/mol. The Morgan fingerprint density at radius 2 is 1.66 bits per heavy atom. The van der Waals surface area contributed by atoms with E-state index in [1.165, 1.54) is 0 Å². The van der Waals surface area contributed by atoms with E-state index in [1.54, 1.807) is 4.31 Å². The van der Waals surface area contributed by atoms with Crippen LogP contribution in [0.2, 0.25) is 0 Å². The number of aliphatic hydroxyl groups excluding tert-OH is 1. The molecule has 35 heavy (non-hydrogen) atoms. The summed E-state index contributed by atoms with van der Waals surface area (Å²) in [6, 6.07) is 9.42. The lowest BCUT2D eigenvalue weighted by molar-refractivity contribution is -0.192. The lowest BCUT2D eigenvalue weighted by Gasteiger charge is -2.38. The van der Waals surface area contributed by atoms with E-state index in [2.05, 4.69) is 4.90 Å². The molecule has 1 aromatic rings. The highest BCUT2D eigenvalue weighted by Crippen LogP contribution is 2.43. The fourth-order valence-electron chi connectivity index (χ4n) is 4.87. The van der Waals surface area contributed by atoms with E-state index >= 15 is 0 Å². The Labute approximate surface area is 203 Å². The Morgan fingerprint density at radius 3 is 2.20 bits per heavy atom. The standard InChI is InChI=1S/C21H32N2O4S.C2HF3O2/c24-19-6-10-22(11-7-19)15-20-14-21(17-27-20)8-12-23(13-9-21)28(25,26)16-18-4-2-1-3-5-18;3-2(4,5)1(6)7/h1-5,19-20,24H,6-17H2;(H,6,7). The van der Waals surface area contributed by atoms with Gasteiger partial charge in [-0.3, -0.25) is 0 Å². The summed E-state index contributed by atoms with van der Waals surface area (Å²) < 4.78 is 65.1. The van der Waals surface area contributed by atoms with E-state index in [4.69, 9.17) is 14.6 Å². The first-order valence-corrected chi connectivity index (χ1v) is 13.3. The number of carbonyl (C=O) groups is 1. The van der Waals surface area contributed by atoms with Crippen LogP contribution in [0.4, 0.5) is 13.2 Å². The zero-order valence-electron chi connectivity index (χ0n) is 19.5. The van der Waals surface area contributed by atoms with Crippen LogP contribution in [0, 0.1) is 5.41 Å². The van der Waals surface area contributed by atoms with Gasteiger partial charge in [0, 0.05) is 32.7 Å². The second kappa shape index (κ2) is 11.5. The molecule has 2 N–H and O–H groups in total. The van der Waals surface area contributed by atoms with Crippen LogP contribution < -0.4 is 0 Å². The Kier molecular flexibility index (Phi) is 9.19. The number of aliphatic hydroxyl groups is 1. The van der Waals surface area contributed by atoms with E-state index < -0.39 is 22.2 Å². The minimum atomic E-state index is -5.08. The summed E-state index contributed by atoms with van der Waals surface area (Å²) >= 11 is 0. The van der Waals surface area contributed by atoms with E-state index in [-0.39, 0.29) is 23.4 Å². The molecule has 0 amide bonds. The highest BCUT2D eigenvalue weighted by Gasteiger charge is 2.44. The zero-order valence-corrected chi connectivity index (χ0v) is 20.3. The van der Waals surface area contributed by atoms with Crippen molar-refractivity contribution in [1.29, 1.82) is 0 Å². The molecule has 3 aliphatic rings. The SMILES string of the molecule is O=C(O)C(F)(F)F.O=S(=O)(Cc1ccccc1)N1CCC2(CC1)COC(CN1CCC(O)CC1)C2. The first kappa shape index (κ1) is 27.9. The van der Waals surface area contributed by atoms with Gasteiger partial charge in [0.15, 0.2) is 0 Å². The van der Waals surface area contributed by atoms with Gasteiger partial charge in [-0.25, -0.2) is 17.5 Å². The topological polar surface area (TPSA) is 107 Å². The van der Waals surface area contributed by atoms with Gasteiger partial charge in [-0.1, -0.05) is 30.3 Å². The third kappa shape index (κ3) is 8.14. The van der Waals surface area contributed by atoms with Crippen LogP contribution in [0.3, 0.4) is 0 Å². The minimum Gasteiger partial charge on any atom is -0.475 e. The van der Waals surface area contributed by atoms with E-state index in [1.807, 2.05) is 30.3 Å². The molecule has 12 heteroatoms. The van der Waals surface area contributed by atoms with Gasteiger partial charge in [0.1, 0.15) is 0 Å². The summed E-state index contributed by atoms with van der Waals surface area (Å²) in [5.74, 6) is -2.67. The second-order valence-electron chi connectivity index (χ2n) is 9.61. The molecule has 3 fully saturated rings. The molecule has 0 radical (unpaired) electrons. The summed E-state index contributed by atoms with van der Waals surface area (Å²) in [5, 5.41) is 16.8. The van der Waals surface area contributed by atoms with Crippen molar-refractivity contribution in [3.05, 3.63) is 35.9 Å². The molecule has 1 spiro atoms. The maximum Gasteiger partial charge on any atom is 0.490 e. The quantitative estimate of drug-likeness (QED) is 0.612. The van der Waals surface area contributed by atoms with Crippen LogP contribution in [0.15, 0.2) is 30.3 Å². The number of halogens is 3. The fourth-order valence-corrected chi connectivity index (χ4v) is 6.40. The van der Waals surface area contributed by atoms with Crippen LogP contribution in [-0.4, -0.2) is 91.5 Å². The van der Waals surface area contributed by atoms with Gasteiger partial charge in [0.2, 0.25) is 10.0 Å². The third-order valence-corrected chi connectivity index (χ3v) is 8.77. The highest BCUT2D eigenvalue weighted by atomic mass is 32.2. The number of alkyl halides is 3. The molecule has 0 aliphatic carbocycles. The number of sulfonamides is 1. The number of aliphatic carboxylic acids is 1. The number of carboxylic acid groups (broad SMARTS) is 1. The van der Waals surface area contributed by atoms with Crippen molar-refractivity contribution in [3.8, 4) is 0 Å². The lowest BCUT2D eigenvalue weighted by Crippen LogP contribution is -2.44. The van der Waals surface area contributed by atoms with E-state index in [0.29, 0.717) is 13.1 Å². The van der Waals surface area contributed by atoms with Crippen molar-refractivity contribution in [2.24, 2.45) is 5.41 Å². The van der Waals surface area contributed by atoms with Crippen molar-refractivity contribution < 1.29 is 41.3 Å². The molecular weight excluding hydrogens is 489 g/mol. The Bertz CT molecular complexity index is 928. The number of ether oxygens (including phenoxy) is 1. The van der Waals surface area contributed by atoms with Crippen molar-refractivity contribution >= 4 is 16.0 Å². The van der Waals surface area contributed by atoms with Gasteiger partial charge in [-0.15, -0.1) is 0 Å². The molecular formula is C23H33F3N2O6S. The molecule has 3 aliphatic heterocycles. The van der Waals surface area contributed by atoms with Gasteiger partial charge in [0.25, 0.3) is 0 Å². The van der Waals surface area contributed by atoms with Crippen molar-refractivity contribution in [1.82, 2.24) is 9.21 Å². The maximum absolute atomic E-state index is 12.8. The third-order valence-electron chi connectivity index (χ3n) is 6.92. The van der Waals surface area contributed by atoms with Crippen LogP contribution in [0.5, 0.6) is 0 Å². The minimum absolute atomic E-state index is 0.0841. The van der Waals surface area contributed by atoms with E-state index in [9.17, 15) is 26.7 Å². The van der Waals surface area contributed by atoms with Crippen molar-refractivity contribution in [2.45, 2.75) is 56.2 Å². The molecule has 0 bridgehead atoms. The van der Waals surface area contributed by atoms with Gasteiger partial charge in [-0.2, -0.15) is 13.2 Å². The van der Waals surface area contributed by atoms with Crippen molar-refractivity contribution in [2.75, 3.05) is 39.3 Å². The highest BCUT2D eigenvalue weighted by molar-refractivity contribution is 7.88. The maximum atomic E-state index is 12.8. The predicted molar refractivity (Wildman–Crippen MR) is 122 cm³/mol. The Balaban J connectivity index is 0.000000429. The molecule has 4 rings (SSSR count). The molecule has 0 saturated carbocycles. The van der Waals surface area contributed by atoms with Gasteiger partial charge >= 0.3 is 12.1 Å². The van der Waals surface area contributed by atoms with E-state index in [0.717, 1.165) is 63.9 Å². The molecule has 3 heterocycles. The molecule has 3 saturated heterocycles. The zero-order chi connectivity index (χ0) is 25.7. The Morgan fingerprint density at radius 1 is 1.09 bits per heavy atom. The van der Waals surface area contributed by atoms with Crippen LogP contribution in [0.25, 0.3) is 0 Å². The summed E-state index contributed by atoms with van der Waals surface area (Å²) in [5.41, 5.74) is 0.984. The molecule has 1 unspecified atom stereocenters. The number of hydrogen-bond donors (Lipinski definition) is 2. The summed E-state index contributed by atoms with van der Waals surface area (Å²) in [7, 11) is -3.26. The van der Waals surface area contributed by atoms with Crippen LogP contribution in [0.1, 0.15) is 37.7 Å². The number of hydrogen-bond acceptors (Lipinski definition) is 6.